The third-order valence-corrected chi connectivity index (χ3v) is 4.20. The van der Waals surface area contributed by atoms with E-state index >= 15 is 0 Å². The Morgan fingerprint density at radius 2 is 2.00 bits per heavy atom. The van der Waals surface area contributed by atoms with Gasteiger partial charge in [0.1, 0.15) is 0 Å². The molecule has 1 aliphatic heterocycles. The van der Waals surface area contributed by atoms with Gasteiger partial charge in [-0.15, -0.1) is 0 Å². The van der Waals surface area contributed by atoms with E-state index in [-0.39, 0.29) is 0 Å². The van der Waals surface area contributed by atoms with E-state index in [1.54, 1.807) is 13.1 Å². The molecule has 1 aromatic heterocycles. The molecule has 1 fully saturated rings. The van der Waals surface area contributed by atoms with E-state index in [1.807, 2.05) is 4.90 Å². The van der Waals surface area contributed by atoms with Crippen LogP contribution in [-0.2, 0) is 0 Å². The molecule has 0 amide bonds. The predicted molar refractivity (Wildman–Crippen MR) is 67.5 cm³/mol. The quantitative estimate of drug-likeness (QED) is 0.924. The highest BCUT2D eigenvalue weighted by Crippen LogP contribution is 2.28. The van der Waals surface area contributed by atoms with Gasteiger partial charge < -0.3 is 10.0 Å². The lowest BCUT2D eigenvalue weighted by atomic mass is 10.3. The molecule has 1 aromatic rings. The number of hydrogen-bond acceptors (Lipinski definition) is 5. The average Bonchev–Trinajstić information content (AvgIpc) is 2.77. The molecule has 0 aromatic carbocycles. The summed E-state index contributed by atoms with van der Waals surface area (Å²) in [6, 6.07) is 0. The Kier molecular flexibility index (Phi) is 4.32. The standard InChI is InChI=1S/C11H16F3N3OS/c1-8(18)9-6-15-10(19-9)17-4-2-16(3-5-17)7-11(12,13)14/h6,8,18H,2-5,7H2,1H3. The number of hydrogen-bond donors (Lipinski definition) is 1. The number of piperazine rings is 1. The molecule has 8 heteroatoms. The van der Waals surface area contributed by atoms with Crippen molar-refractivity contribution in [2.24, 2.45) is 0 Å². The lowest BCUT2D eigenvalue weighted by Crippen LogP contribution is -2.49. The lowest BCUT2D eigenvalue weighted by molar-refractivity contribution is -0.146. The molecule has 19 heavy (non-hydrogen) atoms. The van der Waals surface area contributed by atoms with Gasteiger partial charge in [-0.3, -0.25) is 4.90 Å². The molecule has 0 spiro atoms. The molecule has 1 aliphatic rings. The van der Waals surface area contributed by atoms with Gasteiger partial charge in [0.15, 0.2) is 5.13 Å². The summed E-state index contributed by atoms with van der Waals surface area (Å²) < 4.78 is 36.8. The fourth-order valence-corrected chi connectivity index (χ4v) is 2.87. The number of halogens is 3. The fraction of sp³-hybridized carbons (Fsp3) is 0.727. The van der Waals surface area contributed by atoms with Crippen LogP contribution in [0.3, 0.4) is 0 Å². The van der Waals surface area contributed by atoms with Gasteiger partial charge in [-0.1, -0.05) is 11.3 Å². The highest BCUT2D eigenvalue weighted by atomic mass is 32.1. The summed E-state index contributed by atoms with van der Waals surface area (Å²) in [7, 11) is 0. The topological polar surface area (TPSA) is 39.6 Å². The van der Waals surface area contributed by atoms with Crippen molar-refractivity contribution in [3.8, 4) is 0 Å². The van der Waals surface area contributed by atoms with Crippen LogP contribution in [0.15, 0.2) is 6.20 Å². The Balaban J connectivity index is 1.89. The molecule has 0 saturated carbocycles. The first-order valence-electron chi connectivity index (χ1n) is 6.03. The largest absolute Gasteiger partial charge is 0.401 e. The number of thiazole rings is 1. The number of aromatic nitrogens is 1. The molecule has 0 bridgehead atoms. The average molecular weight is 295 g/mol. The van der Waals surface area contributed by atoms with Crippen molar-refractivity contribution in [2.45, 2.75) is 19.2 Å². The van der Waals surface area contributed by atoms with Gasteiger partial charge in [-0.25, -0.2) is 4.98 Å². The van der Waals surface area contributed by atoms with Crippen LogP contribution < -0.4 is 4.90 Å². The van der Waals surface area contributed by atoms with Crippen LogP contribution >= 0.6 is 11.3 Å². The minimum Gasteiger partial charge on any atom is -0.388 e. The monoisotopic (exact) mass is 295 g/mol. The number of aliphatic hydroxyl groups excluding tert-OH is 1. The van der Waals surface area contributed by atoms with Crippen LogP contribution in [-0.4, -0.2) is 53.9 Å². The van der Waals surface area contributed by atoms with Crippen molar-refractivity contribution in [3.05, 3.63) is 11.1 Å². The maximum Gasteiger partial charge on any atom is 0.401 e. The van der Waals surface area contributed by atoms with Crippen LogP contribution in [0, 0.1) is 0 Å². The smallest absolute Gasteiger partial charge is 0.388 e. The number of nitrogens with zero attached hydrogens (tertiary/aromatic N) is 3. The second-order valence-electron chi connectivity index (χ2n) is 4.60. The van der Waals surface area contributed by atoms with Gasteiger partial charge >= 0.3 is 6.18 Å². The first-order valence-corrected chi connectivity index (χ1v) is 6.84. The summed E-state index contributed by atoms with van der Waals surface area (Å²) in [5.74, 6) is 0. The zero-order valence-electron chi connectivity index (χ0n) is 10.5. The first-order chi connectivity index (χ1) is 8.85. The zero-order valence-corrected chi connectivity index (χ0v) is 11.3. The number of aliphatic hydroxyl groups is 1. The summed E-state index contributed by atoms with van der Waals surface area (Å²) in [5, 5.41) is 10.2. The molecule has 108 valence electrons. The predicted octanol–water partition coefficient (Wildman–Crippen LogP) is 1.88. The van der Waals surface area contributed by atoms with Crippen molar-refractivity contribution in [3.63, 3.8) is 0 Å². The molecule has 0 radical (unpaired) electrons. The van der Waals surface area contributed by atoms with Crippen molar-refractivity contribution in [1.82, 2.24) is 9.88 Å². The fourth-order valence-electron chi connectivity index (χ4n) is 1.97. The summed E-state index contributed by atoms with van der Waals surface area (Å²) >= 11 is 1.39. The van der Waals surface area contributed by atoms with E-state index < -0.39 is 18.8 Å². The van der Waals surface area contributed by atoms with Gasteiger partial charge in [-0.2, -0.15) is 13.2 Å². The second-order valence-corrected chi connectivity index (χ2v) is 5.64. The maximum absolute atomic E-state index is 12.3. The summed E-state index contributed by atoms with van der Waals surface area (Å²) in [4.78, 5) is 8.34. The van der Waals surface area contributed by atoms with E-state index in [0.717, 1.165) is 10.0 Å². The Hall–Kier alpha value is -0.860. The third-order valence-electron chi connectivity index (χ3n) is 2.97. The zero-order chi connectivity index (χ0) is 14.0. The van der Waals surface area contributed by atoms with E-state index in [1.165, 1.54) is 16.2 Å². The van der Waals surface area contributed by atoms with Crippen LogP contribution in [0.25, 0.3) is 0 Å². The van der Waals surface area contributed by atoms with Crippen LogP contribution in [0.4, 0.5) is 18.3 Å². The van der Waals surface area contributed by atoms with E-state index in [4.69, 9.17) is 0 Å². The third kappa shape index (κ3) is 4.05. The summed E-state index contributed by atoms with van der Waals surface area (Å²) in [6.45, 7) is 2.63. The molecule has 0 aliphatic carbocycles. The number of anilines is 1. The SMILES string of the molecule is CC(O)c1cnc(N2CCN(CC(F)(F)F)CC2)s1. The minimum atomic E-state index is -4.14. The van der Waals surface area contributed by atoms with Gasteiger partial charge in [0.25, 0.3) is 0 Å². The Morgan fingerprint density at radius 3 is 2.47 bits per heavy atom. The molecule has 2 heterocycles. The molecular formula is C11H16F3N3OS. The molecular weight excluding hydrogens is 279 g/mol. The summed E-state index contributed by atoms with van der Waals surface area (Å²) in [6.07, 6.45) is -3.08. The molecule has 1 unspecified atom stereocenters. The van der Waals surface area contributed by atoms with Gasteiger partial charge in [-0.05, 0) is 6.92 Å². The normalized spacial score (nSPS) is 19.7. The van der Waals surface area contributed by atoms with Crippen molar-refractivity contribution in [1.29, 1.82) is 0 Å². The van der Waals surface area contributed by atoms with Crippen LogP contribution in [0.1, 0.15) is 17.9 Å². The van der Waals surface area contributed by atoms with Crippen LogP contribution in [0.2, 0.25) is 0 Å². The molecule has 4 nitrogen and oxygen atoms in total. The Morgan fingerprint density at radius 1 is 1.37 bits per heavy atom. The molecule has 1 atom stereocenters. The lowest BCUT2D eigenvalue weighted by Gasteiger charge is -2.34. The first kappa shape index (κ1) is 14.5. The van der Waals surface area contributed by atoms with E-state index in [2.05, 4.69) is 4.98 Å². The minimum absolute atomic E-state index is 0.378. The second kappa shape index (κ2) is 5.64. The summed E-state index contributed by atoms with van der Waals surface area (Å²) in [5.41, 5.74) is 0. The van der Waals surface area contributed by atoms with E-state index in [9.17, 15) is 18.3 Å². The highest BCUT2D eigenvalue weighted by molar-refractivity contribution is 7.15. The Bertz CT molecular complexity index is 414. The van der Waals surface area contributed by atoms with Crippen molar-refractivity contribution in [2.75, 3.05) is 37.6 Å². The molecule has 2 rings (SSSR count). The van der Waals surface area contributed by atoms with Gasteiger partial charge in [0.2, 0.25) is 0 Å². The van der Waals surface area contributed by atoms with Gasteiger partial charge in [0, 0.05) is 32.4 Å². The van der Waals surface area contributed by atoms with E-state index in [0.29, 0.717) is 26.2 Å². The van der Waals surface area contributed by atoms with Gasteiger partial charge in [0.05, 0.1) is 17.5 Å². The highest BCUT2D eigenvalue weighted by Gasteiger charge is 2.32. The van der Waals surface area contributed by atoms with Crippen molar-refractivity contribution >= 4 is 16.5 Å². The Labute approximate surface area is 113 Å². The number of alkyl halides is 3. The van der Waals surface area contributed by atoms with Crippen LogP contribution in [0.5, 0.6) is 0 Å². The molecule has 1 N–H and O–H groups in total. The number of rotatable bonds is 3. The molecule has 1 saturated heterocycles. The maximum atomic E-state index is 12.3. The van der Waals surface area contributed by atoms with Crippen molar-refractivity contribution < 1.29 is 18.3 Å².